The van der Waals surface area contributed by atoms with Crippen molar-refractivity contribution in [3.63, 3.8) is 0 Å². The smallest absolute Gasteiger partial charge is 0.263 e. The summed E-state index contributed by atoms with van der Waals surface area (Å²) >= 11 is 1.50. The molecule has 130 valence electrons. The van der Waals surface area contributed by atoms with Crippen molar-refractivity contribution < 1.29 is 14.3 Å². The molecule has 2 saturated heterocycles. The van der Waals surface area contributed by atoms with Gasteiger partial charge in [0.1, 0.15) is 0 Å². The minimum Gasteiger partial charge on any atom is -0.375 e. The average molecular weight is 348 g/mol. The van der Waals surface area contributed by atoms with E-state index in [4.69, 9.17) is 4.74 Å². The summed E-state index contributed by atoms with van der Waals surface area (Å²) in [6.07, 6.45) is 5.59. The Balaban J connectivity index is 1.33. The standard InChI is InChI=1S/C18H24N2O3S/c21-16(13-3-4-13)19-14-5-10-23-18(12-14)6-8-20(9-7-18)17(22)15-2-1-11-24-15/h1-2,11,13-14H,3-10,12H2,(H,19,21). The fourth-order valence-corrected chi connectivity index (χ4v) is 4.53. The van der Waals surface area contributed by atoms with Gasteiger partial charge in [-0.1, -0.05) is 6.07 Å². The molecule has 1 aromatic rings. The maximum absolute atomic E-state index is 12.5. The van der Waals surface area contributed by atoms with Gasteiger partial charge in [0, 0.05) is 31.7 Å². The fourth-order valence-electron chi connectivity index (χ4n) is 3.84. The molecule has 1 spiro atoms. The minimum absolute atomic E-state index is 0.134. The second-order valence-corrected chi connectivity index (χ2v) is 8.22. The van der Waals surface area contributed by atoms with E-state index in [1.165, 1.54) is 11.3 Å². The van der Waals surface area contributed by atoms with Crippen LogP contribution in [0.15, 0.2) is 17.5 Å². The average Bonchev–Trinajstić information content (AvgIpc) is 3.30. The van der Waals surface area contributed by atoms with Gasteiger partial charge in [-0.2, -0.15) is 0 Å². The van der Waals surface area contributed by atoms with Gasteiger partial charge in [-0.25, -0.2) is 0 Å². The molecule has 6 heteroatoms. The van der Waals surface area contributed by atoms with Crippen LogP contribution in [0, 0.1) is 5.92 Å². The van der Waals surface area contributed by atoms with Crippen molar-refractivity contribution in [2.24, 2.45) is 5.92 Å². The van der Waals surface area contributed by atoms with Gasteiger partial charge in [0.2, 0.25) is 5.91 Å². The largest absolute Gasteiger partial charge is 0.375 e. The van der Waals surface area contributed by atoms with E-state index < -0.39 is 0 Å². The number of amides is 2. The van der Waals surface area contributed by atoms with Crippen LogP contribution >= 0.6 is 11.3 Å². The van der Waals surface area contributed by atoms with Gasteiger partial charge in [-0.15, -0.1) is 11.3 Å². The lowest BCUT2D eigenvalue weighted by Crippen LogP contribution is -2.54. The first kappa shape index (κ1) is 16.1. The van der Waals surface area contributed by atoms with Crippen molar-refractivity contribution in [2.75, 3.05) is 19.7 Å². The fraction of sp³-hybridized carbons (Fsp3) is 0.667. The van der Waals surface area contributed by atoms with E-state index in [1.54, 1.807) is 0 Å². The number of carbonyl (C=O) groups is 2. The van der Waals surface area contributed by atoms with E-state index in [0.717, 1.165) is 56.5 Å². The molecule has 4 rings (SSSR count). The number of nitrogens with zero attached hydrogens (tertiary/aromatic N) is 1. The van der Waals surface area contributed by atoms with Crippen LogP contribution in [0.2, 0.25) is 0 Å². The summed E-state index contributed by atoms with van der Waals surface area (Å²) < 4.78 is 6.13. The predicted octanol–water partition coefficient (Wildman–Crippen LogP) is 2.43. The zero-order valence-corrected chi connectivity index (χ0v) is 14.6. The maximum atomic E-state index is 12.5. The summed E-state index contributed by atoms with van der Waals surface area (Å²) in [5, 5.41) is 5.15. The second-order valence-electron chi connectivity index (χ2n) is 7.27. The number of piperidine rings is 1. The van der Waals surface area contributed by atoms with E-state index in [1.807, 2.05) is 22.4 Å². The summed E-state index contributed by atoms with van der Waals surface area (Å²) in [5.74, 6) is 0.616. The first-order chi connectivity index (χ1) is 11.7. The summed E-state index contributed by atoms with van der Waals surface area (Å²) in [6.45, 7) is 2.18. The Morgan fingerprint density at radius 3 is 2.71 bits per heavy atom. The molecule has 3 fully saturated rings. The molecule has 1 saturated carbocycles. The molecule has 0 bridgehead atoms. The van der Waals surface area contributed by atoms with E-state index in [9.17, 15) is 9.59 Å². The first-order valence-electron chi connectivity index (χ1n) is 8.92. The van der Waals surface area contributed by atoms with Gasteiger partial charge in [-0.3, -0.25) is 9.59 Å². The predicted molar refractivity (Wildman–Crippen MR) is 92.0 cm³/mol. The van der Waals surface area contributed by atoms with Crippen molar-refractivity contribution in [2.45, 2.75) is 50.2 Å². The van der Waals surface area contributed by atoms with Gasteiger partial charge in [0.25, 0.3) is 5.91 Å². The lowest BCUT2D eigenvalue weighted by Gasteiger charge is -2.46. The first-order valence-corrected chi connectivity index (χ1v) is 9.80. The Morgan fingerprint density at radius 1 is 1.25 bits per heavy atom. The Kier molecular flexibility index (Phi) is 4.35. The van der Waals surface area contributed by atoms with Gasteiger partial charge in [0.05, 0.1) is 10.5 Å². The topological polar surface area (TPSA) is 58.6 Å². The molecule has 2 aliphatic heterocycles. The number of likely N-dealkylation sites (tertiary alicyclic amines) is 1. The van der Waals surface area contributed by atoms with Crippen LogP contribution in [0.3, 0.4) is 0 Å². The van der Waals surface area contributed by atoms with Crippen LogP contribution in [0.5, 0.6) is 0 Å². The van der Waals surface area contributed by atoms with E-state index in [-0.39, 0.29) is 29.4 Å². The SMILES string of the molecule is O=C(NC1CCOC2(CCN(C(=O)c3cccs3)CC2)C1)C1CC1. The van der Waals surface area contributed by atoms with Crippen LogP contribution in [-0.4, -0.2) is 48.1 Å². The highest BCUT2D eigenvalue weighted by Gasteiger charge is 2.42. The van der Waals surface area contributed by atoms with Crippen LogP contribution < -0.4 is 5.32 Å². The quantitative estimate of drug-likeness (QED) is 0.913. The highest BCUT2D eigenvalue weighted by Crippen LogP contribution is 2.36. The summed E-state index contributed by atoms with van der Waals surface area (Å²) in [5.41, 5.74) is -0.161. The van der Waals surface area contributed by atoms with Gasteiger partial charge < -0.3 is 15.0 Å². The van der Waals surface area contributed by atoms with Crippen LogP contribution in [0.25, 0.3) is 0 Å². The summed E-state index contributed by atoms with van der Waals surface area (Å²) in [7, 11) is 0. The molecule has 0 radical (unpaired) electrons. The molecule has 1 atom stereocenters. The molecule has 5 nitrogen and oxygen atoms in total. The number of carbonyl (C=O) groups excluding carboxylic acids is 2. The number of hydrogen-bond donors (Lipinski definition) is 1. The van der Waals surface area contributed by atoms with E-state index in [0.29, 0.717) is 6.61 Å². The summed E-state index contributed by atoms with van der Waals surface area (Å²) in [4.78, 5) is 27.2. The Morgan fingerprint density at radius 2 is 2.04 bits per heavy atom. The third-order valence-corrected chi connectivity index (χ3v) is 6.34. The van der Waals surface area contributed by atoms with E-state index >= 15 is 0 Å². The number of ether oxygens (including phenoxy) is 1. The maximum Gasteiger partial charge on any atom is 0.263 e. The highest BCUT2D eigenvalue weighted by atomic mass is 32.1. The van der Waals surface area contributed by atoms with Gasteiger partial charge in [0.15, 0.2) is 0 Å². The van der Waals surface area contributed by atoms with Crippen LogP contribution in [0.1, 0.15) is 48.2 Å². The number of hydrogen-bond acceptors (Lipinski definition) is 4. The molecule has 0 aromatic carbocycles. The third-order valence-electron chi connectivity index (χ3n) is 5.48. The molecule has 3 heterocycles. The monoisotopic (exact) mass is 348 g/mol. The lowest BCUT2D eigenvalue weighted by atomic mass is 9.82. The third kappa shape index (κ3) is 3.35. The molecular weight excluding hydrogens is 324 g/mol. The van der Waals surface area contributed by atoms with Gasteiger partial charge >= 0.3 is 0 Å². The second kappa shape index (κ2) is 6.48. The molecule has 3 aliphatic rings. The molecule has 1 unspecified atom stereocenters. The highest BCUT2D eigenvalue weighted by molar-refractivity contribution is 7.12. The Labute approximate surface area is 146 Å². The zero-order valence-electron chi connectivity index (χ0n) is 13.8. The Bertz CT molecular complexity index is 604. The summed E-state index contributed by atoms with van der Waals surface area (Å²) in [6, 6.07) is 4.03. The molecule has 1 N–H and O–H groups in total. The van der Waals surface area contributed by atoms with Crippen LogP contribution in [-0.2, 0) is 9.53 Å². The van der Waals surface area contributed by atoms with Crippen molar-refractivity contribution in [1.29, 1.82) is 0 Å². The van der Waals surface area contributed by atoms with E-state index in [2.05, 4.69) is 5.32 Å². The zero-order chi connectivity index (χ0) is 16.6. The minimum atomic E-state index is -0.161. The molecular formula is C18H24N2O3S. The van der Waals surface area contributed by atoms with Crippen molar-refractivity contribution in [3.05, 3.63) is 22.4 Å². The number of rotatable bonds is 3. The van der Waals surface area contributed by atoms with Crippen LogP contribution in [0.4, 0.5) is 0 Å². The lowest BCUT2D eigenvalue weighted by molar-refractivity contribution is -0.131. The molecule has 24 heavy (non-hydrogen) atoms. The van der Waals surface area contributed by atoms with Crippen molar-refractivity contribution in [3.8, 4) is 0 Å². The molecule has 1 aromatic heterocycles. The molecule has 2 amide bonds. The number of nitrogens with one attached hydrogen (secondary N) is 1. The van der Waals surface area contributed by atoms with Crippen molar-refractivity contribution >= 4 is 23.2 Å². The number of thiophene rings is 1. The Hall–Kier alpha value is -1.40. The molecule has 1 aliphatic carbocycles. The normalized spacial score (nSPS) is 26.3. The van der Waals surface area contributed by atoms with Gasteiger partial charge in [-0.05, 0) is 50.0 Å². The van der Waals surface area contributed by atoms with Crippen molar-refractivity contribution in [1.82, 2.24) is 10.2 Å².